The third kappa shape index (κ3) is 4.47. The maximum absolute atomic E-state index is 11.4. The molecule has 6 heteroatoms. The average molecular weight is 303 g/mol. The Morgan fingerprint density at radius 2 is 2.18 bits per heavy atom. The molecule has 1 heterocycles. The number of halogens is 1. The summed E-state index contributed by atoms with van der Waals surface area (Å²) in [5.74, 6) is 0.584. The predicted molar refractivity (Wildman–Crippen MR) is 73.4 cm³/mol. The highest BCUT2D eigenvalue weighted by atomic mass is 79.9. The summed E-state index contributed by atoms with van der Waals surface area (Å²) in [6.45, 7) is 6.04. The zero-order valence-corrected chi connectivity index (χ0v) is 12.3. The van der Waals surface area contributed by atoms with E-state index in [4.69, 9.17) is 0 Å². The summed E-state index contributed by atoms with van der Waals surface area (Å²) in [6.07, 6.45) is 1.40. The first-order chi connectivity index (χ1) is 7.82. The van der Waals surface area contributed by atoms with Gasteiger partial charge in [0, 0.05) is 13.1 Å². The molecule has 0 aliphatic rings. The Kier molecular flexibility index (Phi) is 4.70. The minimum atomic E-state index is -0.173. The minimum Gasteiger partial charge on any atom is -0.368 e. The van der Waals surface area contributed by atoms with Crippen LogP contribution < -0.4 is 10.9 Å². The standard InChI is InChI=1S/C11H19BrN4O/c1-11(2,6-16(3)4)5-13-9-8(12)10(17)15-7-14-9/h7H,5-6H2,1-4H3,(H2,13,14,15,17). The van der Waals surface area contributed by atoms with Crippen molar-refractivity contribution < 1.29 is 0 Å². The number of aromatic nitrogens is 2. The molecule has 17 heavy (non-hydrogen) atoms. The highest BCUT2D eigenvalue weighted by Gasteiger charge is 2.19. The molecule has 0 atom stereocenters. The molecule has 0 bridgehead atoms. The molecule has 1 aromatic rings. The van der Waals surface area contributed by atoms with Crippen LogP contribution in [0.4, 0.5) is 5.82 Å². The van der Waals surface area contributed by atoms with E-state index >= 15 is 0 Å². The van der Waals surface area contributed by atoms with Crippen LogP contribution in [0.2, 0.25) is 0 Å². The fourth-order valence-corrected chi connectivity index (χ4v) is 2.10. The van der Waals surface area contributed by atoms with Gasteiger partial charge in [-0.2, -0.15) is 0 Å². The fraction of sp³-hybridized carbons (Fsp3) is 0.636. The van der Waals surface area contributed by atoms with E-state index in [9.17, 15) is 4.79 Å². The van der Waals surface area contributed by atoms with Crippen molar-refractivity contribution in [2.45, 2.75) is 13.8 Å². The Morgan fingerprint density at radius 3 is 2.76 bits per heavy atom. The maximum atomic E-state index is 11.4. The largest absolute Gasteiger partial charge is 0.368 e. The van der Waals surface area contributed by atoms with Crippen LogP contribution in [-0.4, -0.2) is 42.1 Å². The van der Waals surface area contributed by atoms with E-state index in [1.54, 1.807) is 0 Å². The highest BCUT2D eigenvalue weighted by Crippen LogP contribution is 2.19. The van der Waals surface area contributed by atoms with Crippen molar-refractivity contribution >= 4 is 21.7 Å². The zero-order chi connectivity index (χ0) is 13.1. The van der Waals surface area contributed by atoms with Gasteiger partial charge in [0.05, 0.1) is 6.33 Å². The Morgan fingerprint density at radius 1 is 1.53 bits per heavy atom. The summed E-state index contributed by atoms with van der Waals surface area (Å²) in [7, 11) is 4.09. The molecule has 0 fully saturated rings. The van der Waals surface area contributed by atoms with Crippen molar-refractivity contribution in [2.75, 3.05) is 32.5 Å². The van der Waals surface area contributed by atoms with E-state index in [-0.39, 0.29) is 11.0 Å². The lowest BCUT2D eigenvalue weighted by Gasteiger charge is -2.28. The summed E-state index contributed by atoms with van der Waals surface area (Å²) >= 11 is 3.22. The molecule has 0 saturated carbocycles. The van der Waals surface area contributed by atoms with E-state index in [2.05, 4.69) is 50.0 Å². The van der Waals surface area contributed by atoms with Crippen molar-refractivity contribution in [1.82, 2.24) is 14.9 Å². The molecule has 0 radical (unpaired) electrons. The first-order valence-electron chi connectivity index (χ1n) is 5.43. The number of nitrogens with zero attached hydrogens (tertiary/aromatic N) is 2. The topological polar surface area (TPSA) is 61.0 Å². The third-order valence-electron chi connectivity index (χ3n) is 2.28. The molecule has 0 unspecified atom stereocenters. The van der Waals surface area contributed by atoms with Crippen molar-refractivity contribution in [1.29, 1.82) is 0 Å². The molecule has 0 amide bonds. The van der Waals surface area contributed by atoms with Gasteiger partial charge in [0.1, 0.15) is 10.3 Å². The van der Waals surface area contributed by atoms with Crippen LogP contribution in [0.3, 0.4) is 0 Å². The van der Waals surface area contributed by atoms with Crippen LogP contribution in [0, 0.1) is 5.41 Å². The Balaban J connectivity index is 2.67. The molecule has 2 N–H and O–H groups in total. The van der Waals surface area contributed by atoms with E-state index in [0.717, 1.165) is 13.1 Å². The second kappa shape index (κ2) is 5.64. The van der Waals surface area contributed by atoms with Crippen LogP contribution >= 0.6 is 15.9 Å². The molecule has 96 valence electrons. The molecule has 5 nitrogen and oxygen atoms in total. The van der Waals surface area contributed by atoms with E-state index in [1.807, 2.05) is 14.1 Å². The molecule has 0 spiro atoms. The normalized spacial score (nSPS) is 11.9. The molecule has 1 aromatic heterocycles. The second-order valence-electron chi connectivity index (χ2n) is 5.15. The first kappa shape index (κ1) is 14.2. The second-order valence-corrected chi connectivity index (χ2v) is 5.94. The Bertz CT molecular complexity index is 428. The monoisotopic (exact) mass is 302 g/mol. The van der Waals surface area contributed by atoms with Gasteiger partial charge >= 0.3 is 0 Å². The first-order valence-corrected chi connectivity index (χ1v) is 6.23. The van der Waals surface area contributed by atoms with Crippen molar-refractivity contribution in [3.05, 3.63) is 21.2 Å². The lowest BCUT2D eigenvalue weighted by Crippen LogP contribution is -2.34. The van der Waals surface area contributed by atoms with Crippen molar-refractivity contribution in [3.63, 3.8) is 0 Å². The van der Waals surface area contributed by atoms with Gasteiger partial charge in [-0.15, -0.1) is 0 Å². The van der Waals surface area contributed by atoms with E-state index in [1.165, 1.54) is 6.33 Å². The summed E-state index contributed by atoms with van der Waals surface area (Å²) < 4.78 is 0.445. The van der Waals surface area contributed by atoms with Crippen LogP contribution in [0.5, 0.6) is 0 Å². The van der Waals surface area contributed by atoms with Crippen LogP contribution in [-0.2, 0) is 0 Å². The van der Waals surface area contributed by atoms with Crippen LogP contribution in [0.25, 0.3) is 0 Å². The smallest absolute Gasteiger partial charge is 0.267 e. The predicted octanol–water partition coefficient (Wildman–Crippen LogP) is 1.53. The average Bonchev–Trinajstić information content (AvgIpc) is 2.18. The number of H-pyrrole nitrogens is 1. The van der Waals surface area contributed by atoms with Gasteiger partial charge in [-0.25, -0.2) is 4.98 Å². The quantitative estimate of drug-likeness (QED) is 0.866. The summed E-state index contributed by atoms with van der Waals surface area (Å²) in [4.78, 5) is 20.1. The molecule has 0 aromatic carbocycles. The van der Waals surface area contributed by atoms with Gasteiger partial charge in [0.25, 0.3) is 5.56 Å². The van der Waals surface area contributed by atoms with E-state index < -0.39 is 0 Å². The molecule has 0 aliphatic carbocycles. The van der Waals surface area contributed by atoms with E-state index in [0.29, 0.717) is 10.3 Å². The lowest BCUT2D eigenvalue weighted by atomic mass is 9.93. The van der Waals surface area contributed by atoms with Crippen LogP contribution in [0.15, 0.2) is 15.6 Å². The SMILES string of the molecule is CN(C)CC(C)(C)CNc1nc[nH]c(=O)c1Br. The number of aromatic amines is 1. The molecule has 0 aliphatic heterocycles. The van der Waals surface area contributed by atoms with Gasteiger partial charge in [0.2, 0.25) is 0 Å². The molecular formula is C11H19BrN4O. The Hall–Kier alpha value is -0.880. The van der Waals surface area contributed by atoms with Gasteiger partial charge < -0.3 is 15.2 Å². The highest BCUT2D eigenvalue weighted by molar-refractivity contribution is 9.10. The van der Waals surface area contributed by atoms with Gasteiger partial charge in [-0.3, -0.25) is 4.79 Å². The Labute approximate surface area is 110 Å². The van der Waals surface area contributed by atoms with Gasteiger partial charge in [-0.1, -0.05) is 13.8 Å². The van der Waals surface area contributed by atoms with Crippen LogP contribution in [0.1, 0.15) is 13.8 Å². The summed E-state index contributed by atoms with van der Waals surface area (Å²) in [5.41, 5.74) is -0.0688. The van der Waals surface area contributed by atoms with Gasteiger partial charge in [0.15, 0.2) is 0 Å². The number of nitrogens with one attached hydrogen (secondary N) is 2. The lowest BCUT2D eigenvalue weighted by molar-refractivity contribution is 0.254. The third-order valence-corrected chi connectivity index (χ3v) is 3.01. The number of anilines is 1. The van der Waals surface area contributed by atoms with Crippen molar-refractivity contribution in [2.24, 2.45) is 5.41 Å². The zero-order valence-electron chi connectivity index (χ0n) is 10.7. The molecular weight excluding hydrogens is 284 g/mol. The number of rotatable bonds is 5. The number of hydrogen-bond donors (Lipinski definition) is 2. The summed E-state index contributed by atoms with van der Waals surface area (Å²) in [5, 5.41) is 3.19. The van der Waals surface area contributed by atoms with Gasteiger partial charge in [-0.05, 0) is 35.4 Å². The van der Waals surface area contributed by atoms with Crippen molar-refractivity contribution in [3.8, 4) is 0 Å². The fourth-order valence-electron chi connectivity index (χ4n) is 1.74. The summed E-state index contributed by atoms with van der Waals surface area (Å²) in [6, 6.07) is 0. The maximum Gasteiger partial charge on any atom is 0.267 e. The number of hydrogen-bond acceptors (Lipinski definition) is 4. The molecule has 1 rings (SSSR count). The minimum absolute atomic E-state index is 0.104. The molecule has 0 saturated heterocycles.